The summed E-state index contributed by atoms with van der Waals surface area (Å²) >= 11 is 1.47. The summed E-state index contributed by atoms with van der Waals surface area (Å²) in [6.45, 7) is 5.74. The van der Waals surface area contributed by atoms with Crippen LogP contribution in [0.5, 0.6) is 0 Å². The van der Waals surface area contributed by atoms with E-state index in [4.69, 9.17) is 4.74 Å². The summed E-state index contributed by atoms with van der Waals surface area (Å²) in [6.07, 6.45) is 3.46. The summed E-state index contributed by atoms with van der Waals surface area (Å²) in [5, 5.41) is 6.16. The van der Waals surface area contributed by atoms with E-state index in [1.165, 1.54) is 17.4 Å². The van der Waals surface area contributed by atoms with Crippen LogP contribution in [-0.4, -0.2) is 64.0 Å². The smallest absolute Gasteiger partial charge is 0.274 e. The van der Waals surface area contributed by atoms with E-state index in [2.05, 4.69) is 25.6 Å². The van der Waals surface area contributed by atoms with Crippen LogP contribution < -0.4 is 10.6 Å². The molecule has 0 aliphatic carbocycles. The SMILES string of the molecule is Cc1cc2nc(N[C@@H](C)c3cncc(F)c3)nc(C(=O)N3CC(NC(=O)[C@@H]4CCOC4)C3)c2s1. The number of anilines is 1. The predicted octanol–water partition coefficient (Wildman–Crippen LogP) is 2.68. The van der Waals surface area contributed by atoms with Gasteiger partial charge in [-0.25, -0.2) is 14.4 Å². The van der Waals surface area contributed by atoms with Crippen molar-refractivity contribution in [2.75, 3.05) is 31.6 Å². The van der Waals surface area contributed by atoms with Crippen LogP contribution in [0.3, 0.4) is 0 Å². The molecule has 34 heavy (non-hydrogen) atoms. The first-order valence-electron chi connectivity index (χ1n) is 11.2. The molecule has 2 saturated heterocycles. The average Bonchev–Trinajstić information content (AvgIpc) is 3.44. The van der Waals surface area contributed by atoms with E-state index < -0.39 is 5.82 Å². The highest BCUT2D eigenvalue weighted by molar-refractivity contribution is 7.19. The van der Waals surface area contributed by atoms with Gasteiger partial charge < -0.3 is 20.3 Å². The number of carbonyl (C=O) groups excluding carboxylic acids is 2. The number of fused-ring (bicyclic) bond motifs is 1. The van der Waals surface area contributed by atoms with Crippen molar-refractivity contribution in [2.24, 2.45) is 5.92 Å². The Morgan fingerprint density at radius 2 is 2.09 bits per heavy atom. The number of hydrogen-bond donors (Lipinski definition) is 2. The van der Waals surface area contributed by atoms with Crippen molar-refractivity contribution in [3.63, 3.8) is 0 Å². The molecule has 0 unspecified atom stereocenters. The molecule has 0 spiro atoms. The van der Waals surface area contributed by atoms with Gasteiger partial charge in [0.05, 0.1) is 41.0 Å². The standard InChI is InChI=1S/C23H25FN6O3S/c1-12-5-18-20(34-12)19(29-23(28-18)26-13(2)15-6-16(24)8-25-7-15)22(32)30-9-17(10-30)27-21(31)14-3-4-33-11-14/h5-8,13-14,17H,3-4,9-11H2,1-2H3,(H,27,31)(H,26,28,29)/t13-,14+/m0/s1. The highest BCUT2D eigenvalue weighted by Crippen LogP contribution is 2.30. The van der Waals surface area contributed by atoms with Crippen molar-refractivity contribution in [1.82, 2.24) is 25.2 Å². The number of amides is 2. The van der Waals surface area contributed by atoms with Gasteiger partial charge in [0.2, 0.25) is 11.9 Å². The molecule has 3 aromatic heterocycles. The van der Waals surface area contributed by atoms with E-state index >= 15 is 0 Å². The third-order valence-corrected chi connectivity index (χ3v) is 7.13. The quantitative estimate of drug-likeness (QED) is 0.554. The highest BCUT2D eigenvalue weighted by Gasteiger charge is 2.36. The fourth-order valence-corrected chi connectivity index (χ4v) is 5.08. The number of halogens is 1. The fraction of sp³-hybridized carbons (Fsp3) is 0.435. The molecule has 2 N–H and O–H groups in total. The maximum absolute atomic E-state index is 13.6. The van der Waals surface area contributed by atoms with Crippen molar-refractivity contribution in [2.45, 2.75) is 32.4 Å². The Kier molecular flexibility index (Phi) is 6.13. The Labute approximate surface area is 199 Å². The molecule has 9 nitrogen and oxygen atoms in total. The van der Waals surface area contributed by atoms with E-state index in [1.54, 1.807) is 11.1 Å². The molecule has 3 aromatic rings. The Balaban J connectivity index is 1.31. The molecule has 5 rings (SSSR count). The maximum Gasteiger partial charge on any atom is 0.274 e. The normalized spacial score (nSPS) is 19.1. The third kappa shape index (κ3) is 4.58. The summed E-state index contributed by atoms with van der Waals surface area (Å²) in [5.74, 6) is -0.458. The molecule has 0 saturated carbocycles. The van der Waals surface area contributed by atoms with E-state index in [0.29, 0.717) is 43.1 Å². The molecule has 2 atom stereocenters. The van der Waals surface area contributed by atoms with Crippen LogP contribution in [0.4, 0.5) is 10.3 Å². The number of likely N-dealkylation sites (tertiary alicyclic amines) is 1. The number of rotatable bonds is 6. The second-order valence-corrected chi connectivity index (χ2v) is 10.0. The number of hydrogen-bond acceptors (Lipinski definition) is 8. The van der Waals surface area contributed by atoms with E-state index in [9.17, 15) is 14.0 Å². The molecular weight excluding hydrogens is 459 g/mol. The molecule has 2 amide bonds. The molecule has 2 aliphatic heterocycles. The molecular formula is C23H25FN6O3S. The molecule has 0 radical (unpaired) electrons. The van der Waals surface area contributed by atoms with Gasteiger partial charge in [-0.3, -0.25) is 14.6 Å². The third-order valence-electron chi connectivity index (χ3n) is 6.08. The van der Waals surface area contributed by atoms with Gasteiger partial charge >= 0.3 is 0 Å². The molecule has 0 bridgehead atoms. The van der Waals surface area contributed by atoms with Gasteiger partial charge in [-0.05, 0) is 38.0 Å². The van der Waals surface area contributed by atoms with Crippen molar-refractivity contribution in [3.8, 4) is 0 Å². The minimum absolute atomic E-state index is 0.0137. The Hall–Kier alpha value is -3.18. The fourth-order valence-electron chi connectivity index (χ4n) is 4.15. The number of thiophene rings is 1. The zero-order valence-electron chi connectivity index (χ0n) is 18.9. The van der Waals surface area contributed by atoms with E-state index in [0.717, 1.165) is 22.2 Å². The van der Waals surface area contributed by atoms with Gasteiger partial charge in [-0.2, -0.15) is 0 Å². The van der Waals surface area contributed by atoms with Crippen molar-refractivity contribution < 1.29 is 18.7 Å². The van der Waals surface area contributed by atoms with Gasteiger partial charge in [0.1, 0.15) is 5.82 Å². The van der Waals surface area contributed by atoms with Crippen LogP contribution in [0.1, 0.15) is 40.3 Å². The van der Waals surface area contributed by atoms with Gasteiger partial charge in [-0.15, -0.1) is 11.3 Å². The summed E-state index contributed by atoms with van der Waals surface area (Å²) in [4.78, 5) is 41.3. The predicted molar refractivity (Wildman–Crippen MR) is 125 cm³/mol. The maximum atomic E-state index is 13.6. The second-order valence-electron chi connectivity index (χ2n) is 8.75. The van der Waals surface area contributed by atoms with Crippen LogP contribution >= 0.6 is 11.3 Å². The molecule has 11 heteroatoms. The second kappa shape index (κ2) is 9.22. The average molecular weight is 485 g/mol. The van der Waals surface area contributed by atoms with Crippen LogP contribution in [-0.2, 0) is 9.53 Å². The minimum atomic E-state index is -0.424. The van der Waals surface area contributed by atoms with Gasteiger partial charge in [0.15, 0.2) is 5.69 Å². The summed E-state index contributed by atoms with van der Waals surface area (Å²) in [6, 6.07) is 2.93. The highest BCUT2D eigenvalue weighted by atomic mass is 32.1. The Morgan fingerprint density at radius 1 is 1.26 bits per heavy atom. The van der Waals surface area contributed by atoms with Crippen LogP contribution in [0.15, 0.2) is 24.5 Å². The zero-order chi connectivity index (χ0) is 23.8. The molecule has 2 aliphatic rings. The largest absolute Gasteiger partial charge is 0.381 e. The number of carbonyl (C=O) groups is 2. The van der Waals surface area contributed by atoms with Crippen molar-refractivity contribution in [3.05, 3.63) is 46.5 Å². The first-order chi connectivity index (χ1) is 16.4. The Morgan fingerprint density at radius 3 is 2.82 bits per heavy atom. The van der Waals surface area contributed by atoms with Gasteiger partial charge in [0, 0.05) is 30.8 Å². The van der Waals surface area contributed by atoms with Crippen LogP contribution in [0.2, 0.25) is 0 Å². The number of nitrogens with zero attached hydrogens (tertiary/aromatic N) is 4. The van der Waals surface area contributed by atoms with Crippen LogP contribution in [0.25, 0.3) is 10.2 Å². The first kappa shape index (κ1) is 22.6. The number of aromatic nitrogens is 3. The topological polar surface area (TPSA) is 109 Å². The van der Waals surface area contributed by atoms with Crippen molar-refractivity contribution in [1.29, 1.82) is 0 Å². The molecule has 5 heterocycles. The van der Waals surface area contributed by atoms with Gasteiger partial charge in [0.25, 0.3) is 5.91 Å². The molecule has 2 fully saturated rings. The number of pyridine rings is 1. The van der Waals surface area contributed by atoms with E-state index in [1.807, 2.05) is 19.9 Å². The number of aryl methyl sites for hydroxylation is 1. The monoisotopic (exact) mass is 484 g/mol. The van der Waals surface area contributed by atoms with E-state index in [-0.39, 0.29) is 35.8 Å². The minimum Gasteiger partial charge on any atom is -0.381 e. The van der Waals surface area contributed by atoms with Crippen LogP contribution in [0, 0.1) is 18.7 Å². The summed E-state index contributed by atoms with van der Waals surface area (Å²) in [7, 11) is 0. The van der Waals surface area contributed by atoms with Gasteiger partial charge in [-0.1, -0.05) is 0 Å². The lowest BCUT2D eigenvalue weighted by atomic mass is 10.0. The molecule has 0 aromatic carbocycles. The lowest BCUT2D eigenvalue weighted by Crippen LogP contribution is -2.61. The lowest BCUT2D eigenvalue weighted by Gasteiger charge is -2.39. The zero-order valence-corrected chi connectivity index (χ0v) is 19.7. The summed E-state index contributed by atoms with van der Waals surface area (Å²) < 4.78 is 19.6. The van der Waals surface area contributed by atoms with Crippen molar-refractivity contribution >= 4 is 39.3 Å². The molecule has 178 valence electrons. The first-order valence-corrected chi connectivity index (χ1v) is 12.0. The lowest BCUT2D eigenvalue weighted by molar-refractivity contribution is -0.126. The summed E-state index contributed by atoms with van der Waals surface area (Å²) in [5.41, 5.74) is 1.65. The Bertz CT molecular complexity index is 1240. The number of nitrogens with one attached hydrogen (secondary N) is 2. The number of ether oxygens (including phenoxy) is 1.